The molecule has 3 N–H and O–H groups in total. The smallest absolute Gasteiger partial charge is 0.264 e. The molecular weight excluding hydrogens is 328 g/mol. The van der Waals surface area contributed by atoms with E-state index in [9.17, 15) is 9.59 Å². The third kappa shape index (κ3) is 3.12. The molecule has 4 aromatic rings. The van der Waals surface area contributed by atoms with Gasteiger partial charge in [0.2, 0.25) is 5.91 Å². The fraction of sp³-hybridized carbons (Fsp3) is 0.0500. The molecule has 0 unspecified atom stereocenters. The summed E-state index contributed by atoms with van der Waals surface area (Å²) < 4.78 is 0. The SMILES string of the molecule is O=C(Cc1cc(=O)[nH][nH]1)NN=Cc1c2ccccc2cc2ccccc12. The van der Waals surface area contributed by atoms with Gasteiger partial charge >= 0.3 is 0 Å². The predicted molar refractivity (Wildman–Crippen MR) is 102 cm³/mol. The van der Waals surface area contributed by atoms with E-state index in [2.05, 4.69) is 38.9 Å². The van der Waals surface area contributed by atoms with Gasteiger partial charge in [-0.15, -0.1) is 0 Å². The van der Waals surface area contributed by atoms with E-state index in [0.717, 1.165) is 27.1 Å². The number of nitrogens with zero attached hydrogens (tertiary/aromatic N) is 1. The van der Waals surface area contributed by atoms with Gasteiger partial charge < -0.3 is 5.10 Å². The first kappa shape index (κ1) is 15.8. The van der Waals surface area contributed by atoms with Crippen LogP contribution in [0, 0.1) is 0 Å². The molecule has 3 aromatic carbocycles. The van der Waals surface area contributed by atoms with Crippen LogP contribution < -0.4 is 11.0 Å². The summed E-state index contributed by atoms with van der Waals surface area (Å²) >= 11 is 0. The van der Waals surface area contributed by atoms with Crippen LogP contribution in [0.3, 0.4) is 0 Å². The van der Waals surface area contributed by atoms with Crippen molar-refractivity contribution in [2.45, 2.75) is 6.42 Å². The van der Waals surface area contributed by atoms with Crippen molar-refractivity contribution in [2.75, 3.05) is 0 Å². The van der Waals surface area contributed by atoms with Crippen LogP contribution in [0.2, 0.25) is 0 Å². The van der Waals surface area contributed by atoms with Crippen LogP contribution in [0.15, 0.2) is 70.6 Å². The molecular formula is C20H16N4O2. The number of aromatic nitrogens is 2. The fourth-order valence-electron chi connectivity index (χ4n) is 3.04. The van der Waals surface area contributed by atoms with Crippen molar-refractivity contribution in [1.82, 2.24) is 15.6 Å². The van der Waals surface area contributed by atoms with Crippen LogP contribution in [0.4, 0.5) is 0 Å². The summed E-state index contributed by atoms with van der Waals surface area (Å²) in [7, 11) is 0. The number of rotatable bonds is 4. The number of carbonyl (C=O) groups is 1. The number of carbonyl (C=O) groups excluding carboxylic acids is 1. The lowest BCUT2D eigenvalue weighted by molar-refractivity contribution is -0.120. The van der Waals surface area contributed by atoms with Crippen molar-refractivity contribution in [2.24, 2.45) is 5.10 Å². The van der Waals surface area contributed by atoms with Crippen molar-refractivity contribution in [3.63, 3.8) is 0 Å². The zero-order valence-electron chi connectivity index (χ0n) is 13.8. The average Bonchev–Trinajstić information content (AvgIpc) is 3.05. The molecule has 0 aliphatic heterocycles. The molecule has 0 saturated heterocycles. The predicted octanol–water partition coefficient (Wildman–Crippen LogP) is 2.70. The number of hydrogen-bond acceptors (Lipinski definition) is 3. The summed E-state index contributed by atoms with van der Waals surface area (Å²) in [5.74, 6) is -0.305. The molecule has 1 heterocycles. The number of amides is 1. The highest BCUT2D eigenvalue weighted by atomic mass is 16.2. The van der Waals surface area contributed by atoms with Crippen LogP contribution in [-0.2, 0) is 11.2 Å². The molecule has 26 heavy (non-hydrogen) atoms. The molecule has 4 rings (SSSR count). The Hall–Kier alpha value is -3.67. The molecule has 0 spiro atoms. The zero-order chi connectivity index (χ0) is 17.9. The Balaban J connectivity index is 1.63. The Labute approximate surface area is 148 Å². The molecule has 0 bridgehead atoms. The van der Waals surface area contributed by atoms with E-state index in [1.165, 1.54) is 6.07 Å². The van der Waals surface area contributed by atoms with E-state index in [-0.39, 0.29) is 17.9 Å². The van der Waals surface area contributed by atoms with E-state index in [1.807, 2.05) is 36.4 Å². The monoisotopic (exact) mass is 344 g/mol. The maximum Gasteiger partial charge on any atom is 0.264 e. The number of fused-ring (bicyclic) bond motifs is 2. The van der Waals surface area contributed by atoms with E-state index in [0.29, 0.717) is 5.69 Å². The summed E-state index contributed by atoms with van der Waals surface area (Å²) in [5.41, 5.74) is 3.71. The quantitative estimate of drug-likeness (QED) is 0.302. The van der Waals surface area contributed by atoms with Crippen LogP contribution in [0.1, 0.15) is 11.3 Å². The second-order valence-electron chi connectivity index (χ2n) is 5.99. The first-order chi connectivity index (χ1) is 12.7. The van der Waals surface area contributed by atoms with Crippen LogP contribution in [0.5, 0.6) is 0 Å². The van der Waals surface area contributed by atoms with Gasteiger partial charge in [-0.3, -0.25) is 14.7 Å². The van der Waals surface area contributed by atoms with Gasteiger partial charge in [-0.25, -0.2) is 5.43 Å². The second-order valence-corrected chi connectivity index (χ2v) is 5.99. The van der Waals surface area contributed by atoms with Crippen molar-refractivity contribution >= 4 is 33.7 Å². The van der Waals surface area contributed by atoms with Crippen molar-refractivity contribution in [1.29, 1.82) is 0 Å². The number of H-pyrrole nitrogens is 2. The molecule has 0 radical (unpaired) electrons. The van der Waals surface area contributed by atoms with Crippen molar-refractivity contribution in [3.8, 4) is 0 Å². The Morgan fingerprint density at radius 1 is 0.962 bits per heavy atom. The molecule has 1 amide bonds. The van der Waals surface area contributed by atoms with Gasteiger partial charge in [-0.2, -0.15) is 5.10 Å². The molecule has 6 nitrogen and oxygen atoms in total. The van der Waals surface area contributed by atoms with E-state index in [4.69, 9.17) is 0 Å². The lowest BCUT2D eigenvalue weighted by Gasteiger charge is -2.07. The van der Waals surface area contributed by atoms with E-state index >= 15 is 0 Å². The van der Waals surface area contributed by atoms with Crippen molar-refractivity contribution < 1.29 is 4.79 Å². The highest BCUT2D eigenvalue weighted by Gasteiger charge is 2.07. The first-order valence-corrected chi connectivity index (χ1v) is 8.20. The fourth-order valence-corrected chi connectivity index (χ4v) is 3.04. The standard InChI is InChI=1S/C20H16N4O2/c25-19(10-15-11-20(26)24-22-15)23-21-12-18-16-7-3-1-5-13(16)9-14-6-2-4-8-17(14)18/h1-9,11-12H,10H2,(H,23,25)(H2,22,24,26). The number of hydrogen-bond donors (Lipinski definition) is 3. The van der Waals surface area contributed by atoms with Gasteiger partial charge in [0.15, 0.2) is 0 Å². The minimum Gasteiger partial charge on any atom is -0.302 e. The molecule has 128 valence electrons. The Morgan fingerprint density at radius 2 is 1.62 bits per heavy atom. The zero-order valence-corrected chi connectivity index (χ0v) is 13.8. The average molecular weight is 344 g/mol. The van der Waals surface area contributed by atoms with Gasteiger partial charge in [0, 0.05) is 17.3 Å². The second kappa shape index (κ2) is 6.68. The molecule has 0 saturated carbocycles. The summed E-state index contributed by atoms with van der Waals surface area (Å²) in [4.78, 5) is 23.0. The maximum absolute atomic E-state index is 12.0. The van der Waals surface area contributed by atoms with Crippen LogP contribution in [0.25, 0.3) is 21.5 Å². The Kier molecular flexibility index (Phi) is 4.07. The number of hydrazone groups is 1. The molecule has 0 atom stereocenters. The number of benzene rings is 3. The van der Waals surface area contributed by atoms with Crippen molar-refractivity contribution in [3.05, 3.63) is 82.3 Å². The third-order valence-corrected chi connectivity index (χ3v) is 4.20. The van der Waals surface area contributed by atoms with Crippen LogP contribution in [-0.4, -0.2) is 22.3 Å². The lowest BCUT2D eigenvalue weighted by atomic mass is 9.97. The Morgan fingerprint density at radius 3 is 2.23 bits per heavy atom. The minimum atomic E-state index is -0.305. The molecule has 6 heteroatoms. The Bertz CT molecular complexity index is 1130. The van der Waals surface area contributed by atoms with Gasteiger partial charge in [0.1, 0.15) is 0 Å². The van der Waals surface area contributed by atoms with Gasteiger partial charge in [-0.05, 0) is 27.6 Å². The van der Waals surface area contributed by atoms with Gasteiger partial charge in [0.05, 0.1) is 12.6 Å². The summed E-state index contributed by atoms with van der Waals surface area (Å²) in [6, 6.07) is 19.6. The highest BCUT2D eigenvalue weighted by Crippen LogP contribution is 2.27. The number of nitrogens with one attached hydrogen (secondary N) is 3. The molecule has 0 aliphatic carbocycles. The molecule has 0 fully saturated rings. The normalized spacial score (nSPS) is 11.4. The third-order valence-electron chi connectivity index (χ3n) is 4.20. The van der Waals surface area contributed by atoms with Crippen LogP contribution >= 0.6 is 0 Å². The summed E-state index contributed by atoms with van der Waals surface area (Å²) in [5, 5.41) is 13.5. The maximum atomic E-state index is 12.0. The lowest BCUT2D eigenvalue weighted by Crippen LogP contribution is -2.20. The topological polar surface area (TPSA) is 90.1 Å². The molecule has 0 aliphatic rings. The largest absolute Gasteiger partial charge is 0.302 e. The summed E-state index contributed by atoms with van der Waals surface area (Å²) in [6.45, 7) is 0. The minimum absolute atomic E-state index is 0.0480. The highest BCUT2D eigenvalue weighted by molar-refractivity contribution is 6.13. The summed E-state index contributed by atoms with van der Waals surface area (Å²) in [6.07, 6.45) is 1.72. The van der Waals surface area contributed by atoms with E-state index in [1.54, 1.807) is 6.21 Å². The van der Waals surface area contributed by atoms with E-state index < -0.39 is 0 Å². The van der Waals surface area contributed by atoms with Gasteiger partial charge in [-0.1, -0.05) is 48.5 Å². The number of aromatic amines is 2. The van der Waals surface area contributed by atoms with Gasteiger partial charge in [0.25, 0.3) is 5.56 Å². The first-order valence-electron chi connectivity index (χ1n) is 8.20. The molecule has 1 aromatic heterocycles.